The first kappa shape index (κ1) is 16.5. The van der Waals surface area contributed by atoms with Crippen molar-refractivity contribution in [3.8, 4) is 16.9 Å². The molecule has 0 amide bonds. The number of fused-ring (bicyclic) bond motifs is 1. The van der Waals surface area contributed by atoms with Gasteiger partial charge in [0.1, 0.15) is 23.7 Å². The number of halogens is 1. The Balaban J connectivity index is 2.10. The van der Waals surface area contributed by atoms with Crippen LogP contribution >= 0.6 is 15.9 Å². The number of benzene rings is 2. The molecular weight excluding hydrogens is 372 g/mol. The Morgan fingerprint density at radius 3 is 2.54 bits per heavy atom. The van der Waals surface area contributed by atoms with Gasteiger partial charge in [-0.1, -0.05) is 28.1 Å². The molecule has 1 heterocycles. The predicted molar refractivity (Wildman–Crippen MR) is 96.5 cm³/mol. The highest BCUT2D eigenvalue weighted by Gasteiger charge is 2.14. The summed E-state index contributed by atoms with van der Waals surface area (Å²) in [5.41, 5.74) is 1.71. The fraction of sp³-hybridized carbons (Fsp3) is 0.158. The molecule has 5 heteroatoms. The molecule has 2 aromatic carbocycles. The van der Waals surface area contributed by atoms with Gasteiger partial charge < -0.3 is 9.15 Å². The molecule has 0 saturated heterocycles. The van der Waals surface area contributed by atoms with E-state index in [4.69, 9.17) is 9.15 Å². The van der Waals surface area contributed by atoms with Crippen molar-refractivity contribution in [2.75, 3.05) is 6.61 Å². The van der Waals surface area contributed by atoms with Crippen molar-refractivity contribution in [1.82, 2.24) is 0 Å². The second-order valence-electron chi connectivity index (χ2n) is 5.52. The number of hydrogen-bond donors (Lipinski definition) is 0. The fourth-order valence-corrected chi connectivity index (χ4v) is 2.78. The van der Waals surface area contributed by atoms with Gasteiger partial charge >= 0.3 is 0 Å². The minimum atomic E-state index is -0.0887. The predicted octanol–water partition coefficient (Wildman–Crippen LogP) is 4.50. The molecule has 0 spiro atoms. The summed E-state index contributed by atoms with van der Waals surface area (Å²) in [5.74, 6) is 0.966. The van der Waals surface area contributed by atoms with E-state index in [0.717, 1.165) is 10.0 Å². The van der Waals surface area contributed by atoms with Gasteiger partial charge in [-0.05, 0) is 43.7 Å². The van der Waals surface area contributed by atoms with E-state index in [-0.39, 0.29) is 17.8 Å². The average Bonchev–Trinajstić information content (AvgIpc) is 2.54. The van der Waals surface area contributed by atoms with E-state index in [1.807, 2.05) is 24.3 Å². The van der Waals surface area contributed by atoms with Crippen LogP contribution in [0, 0.1) is 6.92 Å². The molecule has 0 radical (unpaired) electrons. The SMILES string of the molecule is CC(=O)COc1ccc2c(=O)c(-c3ccc(Br)cc3)c(C)oc2c1. The molecule has 4 nitrogen and oxygen atoms in total. The zero-order valence-electron chi connectivity index (χ0n) is 13.3. The second kappa shape index (κ2) is 6.61. The summed E-state index contributed by atoms with van der Waals surface area (Å²) >= 11 is 3.39. The van der Waals surface area contributed by atoms with Gasteiger partial charge in [-0.15, -0.1) is 0 Å². The summed E-state index contributed by atoms with van der Waals surface area (Å²) in [6.45, 7) is 3.21. The lowest BCUT2D eigenvalue weighted by Gasteiger charge is -2.09. The monoisotopic (exact) mass is 386 g/mol. The highest BCUT2D eigenvalue weighted by atomic mass is 79.9. The van der Waals surface area contributed by atoms with E-state index in [0.29, 0.717) is 28.0 Å². The summed E-state index contributed by atoms with van der Waals surface area (Å²) in [6.07, 6.45) is 0. The van der Waals surface area contributed by atoms with E-state index < -0.39 is 0 Å². The summed E-state index contributed by atoms with van der Waals surface area (Å²) < 4.78 is 12.1. The molecule has 3 rings (SSSR count). The lowest BCUT2D eigenvalue weighted by molar-refractivity contribution is -0.118. The molecule has 0 N–H and O–H groups in total. The Hall–Kier alpha value is -2.40. The van der Waals surface area contributed by atoms with Crippen LogP contribution in [0.2, 0.25) is 0 Å². The zero-order chi connectivity index (χ0) is 17.3. The first-order valence-electron chi connectivity index (χ1n) is 7.41. The van der Waals surface area contributed by atoms with E-state index >= 15 is 0 Å². The first-order valence-corrected chi connectivity index (χ1v) is 8.20. The quantitative estimate of drug-likeness (QED) is 0.662. The number of hydrogen-bond acceptors (Lipinski definition) is 4. The number of ether oxygens (including phenoxy) is 1. The van der Waals surface area contributed by atoms with E-state index in [1.165, 1.54) is 6.92 Å². The van der Waals surface area contributed by atoms with Crippen LogP contribution < -0.4 is 10.2 Å². The third-order valence-corrected chi connectivity index (χ3v) is 4.14. The summed E-state index contributed by atoms with van der Waals surface area (Å²) in [6, 6.07) is 12.5. The van der Waals surface area contributed by atoms with E-state index in [1.54, 1.807) is 25.1 Å². The largest absolute Gasteiger partial charge is 0.486 e. The molecule has 0 aliphatic carbocycles. The third kappa shape index (κ3) is 3.26. The van der Waals surface area contributed by atoms with Gasteiger partial charge in [0, 0.05) is 10.5 Å². The molecule has 0 aliphatic rings. The van der Waals surface area contributed by atoms with Crippen molar-refractivity contribution in [3.63, 3.8) is 0 Å². The number of ketones is 1. The summed E-state index contributed by atoms with van der Waals surface area (Å²) in [4.78, 5) is 23.9. The summed E-state index contributed by atoms with van der Waals surface area (Å²) in [7, 11) is 0. The molecule has 24 heavy (non-hydrogen) atoms. The fourth-order valence-electron chi connectivity index (χ4n) is 2.51. The maximum atomic E-state index is 12.8. The zero-order valence-corrected chi connectivity index (χ0v) is 14.8. The Bertz CT molecular complexity index is 971. The normalized spacial score (nSPS) is 10.8. The molecule has 0 unspecified atom stereocenters. The molecule has 0 bridgehead atoms. The molecule has 0 fully saturated rings. The van der Waals surface area contributed by atoms with Crippen LogP contribution in [-0.2, 0) is 4.79 Å². The number of rotatable bonds is 4. The maximum Gasteiger partial charge on any atom is 0.200 e. The third-order valence-electron chi connectivity index (χ3n) is 3.61. The minimum Gasteiger partial charge on any atom is -0.486 e. The topological polar surface area (TPSA) is 56.5 Å². The molecule has 1 aromatic heterocycles. The van der Waals surface area contributed by atoms with Crippen LogP contribution in [0.15, 0.2) is 56.1 Å². The highest BCUT2D eigenvalue weighted by molar-refractivity contribution is 9.10. The maximum absolute atomic E-state index is 12.8. The number of Topliss-reactive ketones (excluding diaryl/α,β-unsaturated/α-hetero) is 1. The number of carbonyl (C=O) groups is 1. The Morgan fingerprint density at radius 1 is 1.17 bits per heavy atom. The molecule has 3 aromatic rings. The van der Waals surface area contributed by atoms with Crippen LogP contribution in [0.1, 0.15) is 12.7 Å². The standard InChI is InChI=1S/C19H15BrO4/c1-11(21)10-23-15-7-8-16-17(9-15)24-12(2)18(19(16)22)13-3-5-14(20)6-4-13/h3-9H,10H2,1-2H3. The Kier molecular flexibility index (Phi) is 4.53. The Morgan fingerprint density at radius 2 is 1.88 bits per heavy atom. The van der Waals surface area contributed by atoms with Gasteiger partial charge in [-0.25, -0.2) is 0 Å². The lowest BCUT2D eigenvalue weighted by Crippen LogP contribution is -2.09. The molecule has 0 aliphatic heterocycles. The van der Waals surface area contributed by atoms with E-state index in [2.05, 4.69) is 15.9 Å². The van der Waals surface area contributed by atoms with Crippen LogP contribution in [0.25, 0.3) is 22.1 Å². The van der Waals surface area contributed by atoms with Crippen LogP contribution in [0.4, 0.5) is 0 Å². The Labute approximate surface area is 147 Å². The van der Waals surface area contributed by atoms with Crippen molar-refractivity contribution in [2.45, 2.75) is 13.8 Å². The van der Waals surface area contributed by atoms with Crippen LogP contribution in [0.5, 0.6) is 5.75 Å². The molecular formula is C19H15BrO4. The molecule has 122 valence electrons. The highest BCUT2D eigenvalue weighted by Crippen LogP contribution is 2.27. The second-order valence-corrected chi connectivity index (χ2v) is 6.43. The van der Waals surface area contributed by atoms with Crippen molar-refractivity contribution in [1.29, 1.82) is 0 Å². The van der Waals surface area contributed by atoms with Crippen LogP contribution in [-0.4, -0.2) is 12.4 Å². The average molecular weight is 387 g/mol. The van der Waals surface area contributed by atoms with Crippen molar-refractivity contribution in [3.05, 3.63) is 62.9 Å². The van der Waals surface area contributed by atoms with Gasteiger partial charge in [0.25, 0.3) is 0 Å². The van der Waals surface area contributed by atoms with Crippen molar-refractivity contribution in [2.24, 2.45) is 0 Å². The van der Waals surface area contributed by atoms with Crippen molar-refractivity contribution >= 4 is 32.7 Å². The van der Waals surface area contributed by atoms with Gasteiger partial charge in [0.2, 0.25) is 5.43 Å². The van der Waals surface area contributed by atoms with Gasteiger partial charge in [-0.3, -0.25) is 9.59 Å². The molecule has 0 saturated carbocycles. The minimum absolute atomic E-state index is 0.00824. The first-order chi connectivity index (χ1) is 11.5. The van der Waals surface area contributed by atoms with Crippen LogP contribution in [0.3, 0.4) is 0 Å². The van der Waals surface area contributed by atoms with Crippen molar-refractivity contribution < 1.29 is 13.9 Å². The van der Waals surface area contributed by atoms with Gasteiger partial charge in [0.05, 0.1) is 10.9 Å². The van der Waals surface area contributed by atoms with E-state index in [9.17, 15) is 9.59 Å². The molecule has 0 atom stereocenters. The number of aryl methyl sites for hydroxylation is 1. The van der Waals surface area contributed by atoms with Gasteiger partial charge in [0.15, 0.2) is 5.78 Å². The summed E-state index contributed by atoms with van der Waals surface area (Å²) in [5, 5.41) is 0.480. The van der Waals surface area contributed by atoms with Gasteiger partial charge in [-0.2, -0.15) is 0 Å². The lowest BCUT2D eigenvalue weighted by atomic mass is 10.0. The smallest absolute Gasteiger partial charge is 0.200 e. The number of carbonyl (C=O) groups excluding carboxylic acids is 1.